The van der Waals surface area contributed by atoms with Gasteiger partial charge in [0.1, 0.15) is 12.3 Å². The summed E-state index contributed by atoms with van der Waals surface area (Å²) in [4.78, 5) is 15.3. The van der Waals surface area contributed by atoms with Crippen molar-refractivity contribution in [1.29, 1.82) is 0 Å². The summed E-state index contributed by atoms with van der Waals surface area (Å²) in [6.45, 7) is 0.301. The molecule has 16 heavy (non-hydrogen) atoms. The van der Waals surface area contributed by atoms with Crippen LogP contribution in [0, 0.1) is 0 Å². The Morgan fingerprint density at radius 1 is 1.50 bits per heavy atom. The highest BCUT2D eigenvalue weighted by atomic mass is 32.1. The van der Waals surface area contributed by atoms with E-state index in [1.54, 1.807) is 6.34 Å². The van der Waals surface area contributed by atoms with E-state index >= 15 is 0 Å². The van der Waals surface area contributed by atoms with Crippen molar-refractivity contribution in [1.82, 2.24) is 0 Å². The number of hydrogen-bond donors (Lipinski definition) is 2. The van der Waals surface area contributed by atoms with Gasteiger partial charge in [0.25, 0.3) is 0 Å². The number of thiol groups is 1. The number of aliphatic imine (C=N–C) groups is 1. The molecule has 1 heterocycles. The zero-order valence-corrected chi connectivity index (χ0v) is 9.61. The first-order valence-corrected chi connectivity index (χ1v) is 5.69. The standard InChI is InChI=1S/C11H12N2O2S/c14-11(3-4-16)15-6-8-1-2-9-10(5-8)13-7-12-9/h1-2,5,7,16H,3-4,6H2,(H,12,13)/p+1. The van der Waals surface area contributed by atoms with Gasteiger partial charge < -0.3 is 4.74 Å². The first kappa shape index (κ1) is 11.2. The van der Waals surface area contributed by atoms with E-state index in [4.69, 9.17) is 4.74 Å². The van der Waals surface area contributed by atoms with Crippen LogP contribution >= 0.6 is 12.6 Å². The summed E-state index contributed by atoms with van der Waals surface area (Å²) in [5, 5.41) is 1.95. The number of nitrogens with zero attached hydrogens (tertiary/aromatic N) is 1. The minimum absolute atomic E-state index is 0.217. The third kappa shape index (κ3) is 2.62. The summed E-state index contributed by atoms with van der Waals surface area (Å²) in [6, 6.07) is 5.85. The molecule has 2 rings (SSSR count). The molecule has 0 aromatic heterocycles. The average molecular weight is 237 g/mol. The molecule has 1 aliphatic heterocycles. The Morgan fingerprint density at radius 3 is 3.19 bits per heavy atom. The molecule has 0 bridgehead atoms. The number of ether oxygens (including phenoxy) is 1. The van der Waals surface area contributed by atoms with Gasteiger partial charge in [-0.2, -0.15) is 17.6 Å². The monoisotopic (exact) mass is 237 g/mol. The largest absolute Gasteiger partial charge is 0.461 e. The summed E-state index contributed by atoms with van der Waals surface area (Å²) < 4.78 is 5.08. The van der Waals surface area contributed by atoms with Crippen molar-refractivity contribution < 1.29 is 14.8 Å². The van der Waals surface area contributed by atoms with E-state index in [9.17, 15) is 4.79 Å². The fourth-order valence-electron chi connectivity index (χ4n) is 1.46. The second-order valence-electron chi connectivity index (χ2n) is 3.47. The Kier molecular flexibility index (Phi) is 3.58. The Bertz CT molecular complexity index is 432. The molecule has 1 aromatic rings. The molecule has 0 spiro atoms. The lowest BCUT2D eigenvalue weighted by Crippen LogP contribution is -2.74. The maximum absolute atomic E-state index is 11.1. The fraction of sp³-hybridized carbons (Fsp3) is 0.273. The summed E-state index contributed by atoms with van der Waals surface area (Å²) in [5.41, 5.74) is 2.99. The number of rotatable bonds is 4. The highest BCUT2D eigenvalue weighted by molar-refractivity contribution is 7.80. The summed E-state index contributed by atoms with van der Waals surface area (Å²) in [6.07, 6.45) is 2.11. The topological polar surface area (TPSA) is 55.3 Å². The van der Waals surface area contributed by atoms with Gasteiger partial charge in [-0.25, -0.2) is 0 Å². The molecule has 84 valence electrons. The zero-order chi connectivity index (χ0) is 11.4. The minimum atomic E-state index is -0.217. The van der Waals surface area contributed by atoms with E-state index in [1.165, 1.54) is 0 Å². The Balaban J connectivity index is 1.95. The van der Waals surface area contributed by atoms with Crippen LogP contribution in [-0.2, 0) is 16.1 Å². The number of nitrogens with two attached hydrogens (primary N) is 1. The molecule has 1 aliphatic rings. The van der Waals surface area contributed by atoms with Crippen molar-refractivity contribution >= 4 is 36.3 Å². The van der Waals surface area contributed by atoms with Gasteiger partial charge in [-0.3, -0.25) is 10.1 Å². The Morgan fingerprint density at radius 2 is 2.38 bits per heavy atom. The normalized spacial score (nSPS) is 12.6. The van der Waals surface area contributed by atoms with Crippen LogP contribution in [0.5, 0.6) is 0 Å². The van der Waals surface area contributed by atoms with Crippen LogP contribution in [0.2, 0.25) is 0 Å². The number of esters is 1. The van der Waals surface area contributed by atoms with Gasteiger partial charge in [0.2, 0.25) is 0 Å². The lowest BCUT2D eigenvalue weighted by atomic mass is 10.2. The molecular weight excluding hydrogens is 224 g/mol. The molecule has 0 unspecified atom stereocenters. The van der Waals surface area contributed by atoms with Crippen molar-refractivity contribution in [3.63, 3.8) is 0 Å². The van der Waals surface area contributed by atoms with E-state index in [0.29, 0.717) is 18.8 Å². The van der Waals surface area contributed by atoms with Crippen LogP contribution in [0.4, 0.5) is 11.4 Å². The smallest absolute Gasteiger partial charge is 0.306 e. The number of carbonyl (C=O) groups is 1. The molecule has 0 amide bonds. The summed E-state index contributed by atoms with van der Waals surface area (Å²) in [5.74, 6) is 0.299. The van der Waals surface area contributed by atoms with E-state index in [-0.39, 0.29) is 5.97 Å². The molecule has 0 saturated heterocycles. The highest BCUT2D eigenvalue weighted by Gasteiger charge is 2.11. The van der Waals surface area contributed by atoms with Crippen molar-refractivity contribution in [3.8, 4) is 0 Å². The quantitative estimate of drug-likeness (QED) is 0.465. The van der Waals surface area contributed by atoms with E-state index < -0.39 is 0 Å². The van der Waals surface area contributed by atoms with Crippen LogP contribution in [0.1, 0.15) is 12.0 Å². The van der Waals surface area contributed by atoms with Crippen molar-refractivity contribution in [2.24, 2.45) is 4.99 Å². The lowest BCUT2D eigenvalue weighted by Gasteiger charge is -2.04. The predicted octanol–water partition coefficient (Wildman–Crippen LogP) is 0.918. The van der Waals surface area contributed by atoms with E-state index in [0.717, 1.165) is 16.9 Å². The number of quaternary nitrogens is 1. The van der Waals surface area contributed by atoms with Gasteiger partial charge in [-0.15, -0.1) is 0 Å². The Hall–Kier alpha value is -1.33. The highest BCUT2D eigenvalue weighted by Crippen LogP contribution is 2.24. The molecule has 0 radical (unpaired) electrons. The third-order valence-electron chi connectivity index (χ3n) is 2.28. The molecule has 0 fully saturated rings. The van der Waals surface area contributed by atoms with Gasteiger partial charge in [0.05, 0.1) is 6.42 Å². The Labute approximate surface area is 99.1 Å². The van der Waals surface area contributed by atoms with Crippen molar-refractivity contribution in [2.45, 2.75) is 13.0 Å². The van der Waals surface area contributed by atoms with Crippen LogP contribution < -0.4 is 5.32 Å². The lowest BCUT2D eigenvalue weighted by molar-refractivity contribution is -0.427. The van der Waals surface area contributed by atoms with Gasteiger partial charge in [0, 0.05) is 11.8 Å². The van der Waals surface area contributed by atoms with Gasteiger partial charge >= 0.3 is 5.97 Å². The van der Waals surface area contributed by atoms with Crippen LogP contribution in [-0.4, -0.2) is 18.1 Å². The summed E-state index contributed by atoms with van der Waals surface area (Å²) >= 11 is 3.97. The SMILES string of the molecule is O=C(CCS)OCc1ccc2c(c1)N=C[NH2+]2. The van der Waals surface area contributed by atoms with Gasteiger partial charge in [-0.05, 0) is 17.7 Å². The fourth-order valence-corrected chi connectivity index (χ4v) is 1.64. The first-order valence-electron chi connectivity index (χ1n) is 5.06. The predicted molar refractivity (Wildman–Crippen MR) is 64.4 cm³/mol. The second-order valence-corrected chi connectivity index (χ2v) is 3.92. The second kappa shape index (κ2) is 5.14. The van der Waals surface area contributed by atoms with Crippen LogP contribution in [0.15, 0.2) is 23.2 Å². The molecule has 4 nitrogen and oxygen atoms in total. The van der Waals surface area contributed by atoms with Crippen LogP contribution in [0.3, 0.4) is 0 Å². The van der Waals surface area contributed by atoms with E-state index in [1.807, 2.05) is 23.5 Å². The van der Waals surface area contributed by atoms with Crippen molar-refractivity contribution in [3.05, 3.63) is 23.8 Å². The number of fused-ring (bicyclic) bond motifs is 1. The maximum atomic E-state index is 11.1. The summed E-state index contributed by atoms with van der Waals surface area (Å²) in [7, 11) is 0. The van der Waals surface area contributed by atoms with Crippen LogP contribution in [0.25, 0.3) is 0 Å². The molecule has 0 saturated carbocycles. The van der Waals surface area contributed by atoms with Gasteiger partial charge in [-0.1, -0.05) is 0 Å². The number of carbonyl (C=O) groups excluding carboxylic acids is 1. The number of hydrogen-bond acceptors (Lipinski definition) is 4. The molecule has 0 atom stereocenters. The number of benzene rings is 1. The molecule has 2 N–H and O–H groups in total. The van der Waals surface area contributed by atoms with Gasteiger partial charge in [0.15, 0.2) is 12.0 Å². The average Bonchev–Trinajstić information content (AvgIpc) is 2.74. The first-order chi connectivity index (χ1) is 7.79. The zero-order valence-electron chi connectivity index (χ0n) is 8.72. The molecular formula is C11H13N2O2S+. The molecule has 1 aromatic carbocycles. The van der Waals surface area contributed by atoms with E-state index in [2.05, 4.69) is 17.6 Å². The molecule has 5 heteroatoms. The minimum Gasteiger partial charge on any atom is -0.461 e. The third-order valence-corrected chi connectivity index (χ3v) is 2.50. The maximum Gasteiger partial charge on any atom is 0.306 e. The van der Waals surface area contributed by atoms with Crippen molar-refractivity contribution in [2.75, 3.05) is 5.75 Å². The molecule has 0 aliphatic carbocycles.